The average molecular weight is 242 g/mol. The first-order chi connectivity index (χ1) is 8.50. The second-order valence-corrected chi connectivity index (χ2v) is 4.97. The van der Waals surface area contributed by atoms with Gasteiger partial charge in [0.15, 0.2) is 0 Å². The molecule has 3 nitrogen and oxygen atoms in total. The molecule has 0 unspecified atom stereocenters. The summed E-state index contributed by atoms with van der Waals surface area (Å²) in [4.78, 5) is 19.0. The molecule has 1 aromatic heterocycles. The Balaban J connectivity index is 2.71. The first-order valence-corrected chi connectivity index (χ1v) is 6.16. The van der Waals surface area contributed by atoms with E-state index in [4.69, 9.17) is 0 Å². The predicted molar refractivity (Wildman–Crippen MR) is 73.9 cm³/mol. The lowest BCUT2D eigenvalue weighted by Crippen LogP contribution is -2.16. The normalized spacial score (nSPS) is 10.9. The summed E-state index contributed by atoms with van der Waals surface area (Å²) in [6.07, 6.45) is 1.48. The topological polar surface area (TPSA) is 45.8 Å². The number of benzene rings is 1. The minimum Gasteiger partial charge on any atom is -0.313 e. The number of aromatic amines is 1. The Kier molecular flexibility index (Phi) is 3.32. The predicted octanol–water partition coefficient (Wildman–Crippen LogP) is 3.18. The molecule has 0 bridgehead atoms. The molecule has 0 saturated heterocycles. The molecule has 0 aliphatic heterocycles. The van der Waals surface area contributed by atoms with Crippen molar-refractivity contribution in [1.29, 1.82) is 0 Å². The molecule has 2 aromatic rings. The van der Waals surface area contributed by atoms with Gasteiger partial charge < -0.3 is 4.98 Å². The molecule has 0 aliphatic rings. The smallest absolute Gasteiger partial charge is 0.254 e. The molecule has 2 rings (SSSR count). The first-order valence-electron chi connectivity index (χ1n) is 6.16. The summed E-state index contributed by atoms with van der Waals surface area (Å²) in [6, 6.07) is 6.20. The molecule has 0 saturated carbocycles. The molecule has 1 aromatic carbocycles. The van der Waals surface area contributed by atoms with Crippen molar-refractivity contribution in [2.75, 3.05) is 0 Å². The van der Waals surface area contributed by atoms with E-state index in [1.54, 1.807) is 0 Å². The van der Waals surface area contributed by atoms with Crippen LogP contribution in [0.3, 0.4) is 0 Å². The van der Waals surface area contributed by atoms with Gasteiger partial charge >= 0.3 is 0 Å². The Morgan fingerprint density at radius 2 is 1.94 bits per heavy atom. The van der Waals surface area contributed by atoms with Crippen molar-refractivity contribution >= 4 is 0 Å². The van der Waals surface area contributed by atoms with Crippen molar-refractivity contribution in [3.63, 3.8) is 0 Å². The molecule has 0 amide bonds. The summed E-state index contributed by atoms with van der Waals surface area (Å²) in [5, 5.41) is 0. The van der Waals surface area contributed by atoms with E-state index >= 15 is 0 Å². The molecule has 0 fully saturated rings. The second kappa shape index (κ2) is 4.77. The monoisotopic (exact) mass is 242 g/mol. The summed E-state index contributed by atoms with van der Waals surface area (Å²) in [7, 11) is 0. The van der Waals surface area contributed by atoms with Crippen molar-refractivity contribution in [2.24, 2.45) is 0 Å². The number of hydrogen-bond donors (Lipinski definition) is 1. The number of nitrogens with zero attached hydrogens (tertiary/aromatic N) is 1. The fourth-order valence-electron chi connectivity index (χ4n) is 2.24. The third-order valence-electron chi connectivity index (χ3n) is 3.10. The minimum absolute atomic E-state index is 0.0463. The van der Waals surface area contributed by atoms with Gasteiger partial charge in [-0.1, -0.05) is 37.6 Å². The number of H-pyrrole nitrogens is 1. The van der Waals surface area contributed by atoms with Crippen molar-refractivity contribution in [3.8, 4) is 11.3 Å². The standard InChI is InChI=1S/C15H18N2O/c1-9(2)13-14(16-8-17-15(13)18)12-6-5-10(3)7-11(12)4/h5-9H,1-4H3,(H,16,17,18). The van der Waals surface area contributed by atoms with Crippen LogP contribution in [0.25, 0.3) is 11.3 Å². The molecule has 3 heteroatoms. The molecule has 1 N–H and O–H groups in total. The van der Waals surface area contributed by atoms with Gasteiger partial charge in [0.05, 0.1) is 12.0 Å². The van der Waals surface area contributed by atoms with E-state index in [1.165, 1.54) is 11.9 Å². The average Bonchev–Trinajstić information content (AvgIpc) is 2.28. The van der Waals surface area contributed by atoms with E-state index < -0.39 is 0 Å². The summed E-state index contributed by atoms with van der Waals surface area (Å²) >= 11 is 0. The quantitative estimate of drug-likeness (QED) is 0.879. The van der Waals surface area contributed by atoms with E-state index in [-0.39, 0.29) is 11.5 Å². The number of nitrogens with one attached hydrogen (secondary N) is 1. The maximum Gasteiger partial charge on any atom is 0.254 e. The first kappa shape index (κ1) is 12.6. The number of hydrogen-bond acceptors (Lipinski definition) is 2. The highest BCUT2D eigenvalue weighted by Crippen LogP contribution is 2.27. The van der Waals surface area contributed by atoms with Crippen LogP contribution < -0.4 is 5.56 Å². The van der Waals surface area contributed by atoms with Crippen LogP contribution in [0.15, 0.2) is 29.3 Å². The lowest BCUT2D eigenvalue weighted by molar-refractivity contribution is 0.833. The number of rotatable bonds is 2. The van der Waals surface area contributed by atoms with Gasteiger partial charge in [0.2, 0.25) is 0 Å². The third-order valence-corrected chi connectivity index (χ3v) is 3.10. The van der Waals surface area contributed by atoms with E-state index in [2.05, 4.69) is 35.9 Å². The van der Waals surface area contributed by atoms with Crippen molar-refractivity contribution in [2.45, 2.75) is 33.6 Å². The van der Waals surface area contributed by atoms with E-state index in [0.717, 1.165) is 22.4 Å². The van der Waals surface area contributed by atoms with Gasteiger partial charge in [-0.05, 0) is 25.3 Å². The van der Waals surface area contributed by atoms with Gasteiger partial charge in [0.1, 0.15) is 0 Å². The summed E-state index contributed by atoms with van der Waals surface area (Å²) < 4.78 is 0. The van der Waals surface area contributed by atoms with Crippen LogP contribution in [0.5, 0.6) is 0 Å². The summed E-state index contributed by atoms with van der Waals surface area (Å²) in [6.45, 7) is 8.14. The number of aryl methyl sites for hydroxylation is 2. The largest absolute Gasteiger partial charge is 0.313 e. The van der Waals surface area contributed by atoms with E-state index in [1.807, 2.05) is 19.9 Å². The zero-order valence-corrected chi connectivity index (χ0v) is 11.2. The molecule has 0 atom stereocenters. The van der Waals surface area contributed by atoms with E-state index in [0.29, 0.717) is 0 Å². The molecular weight excluding hydrogens is 224 g/mol. The van der Waals surface area contributed by atoms with Gasteiger partial charge in [-0.25, -0.2) is 4.98 Å². The van der Waals surface area contributed by atoms with Crippen LogP contribution in [-0.2, 0) is 0 Å². The Hall–Kier alpha value is -1.90. The van der Waals surface area contributed by atoms with Gasteiger partial charge in [-0.2, -0.15) is 0 Å². The van der Waals surface area contributed by atoms with Gasteiger partial charge in [0.25, 0.3) is 5.56 Å². The fraction of sp³-hybridized carbons (Fsp3) is 0.333. The minimum atomic E-state index is -0.0463. The fourth-order valence-corrected chi connectivity index (χ4v) is 2.24. The van der Waals surface area contributed by atoms with E-state index in [9.17, 15) is 4.79 Å². The highest BCUT2D eigenvalue weighted by atomic mass is 16.1. The van der Waals surface area contributed by atoms with Crippen LogP contribution in [0, 0.1) is 13.8 Å². The maximum absolute atomic E-state index is 11.9. The van der Waals surface area contributed by atoms with Crippen molar-refractivity contribution in [1.82, 2.24) is 9.97 Å². The van der Waals surface area contributed by atoms with Crippen LogP contribution in [0.4, 0.5) is 0 Å². The zero-order chi connectivity index (χ0) is 13.3. The Bertz CT molecular complexity index is 627. The lowest BCUT2D eigenvalue weighted by atomic mass is 9.95. The Morgan fingerprint density at radius 3 is 2.56 bits per heavy atom. The Labute approximate surface area is 107 Å². The van der Waals surface area contributed by atoms with Crippen LogP contribution in [-0.4, -0.2) is 9.97 Å². The van der Waals surface area contributed by atoms with Crippen molar-refractivity contribution < 1.29 is 0 Å². The molecule has 0 spiro atoms. The maximum atomic E-state index is 11.9. The van der Waals surface area contributed by atoms with Crippen molar-refractivity contribution in [3.05, 3.63) is 51.6 Å². The molecule has 94 valence electrons. The summed E-state index contributed by atoms with van der Waals surface area (Å²) in [5.41, 5.74) is 4.91. The number of aromatic nitrogens is 2. The molecule has 18 heavy (non-hydrogen) atoms. The lowest BCUT2D eigenvalue weighted by Gasteiger charge is -2.12. The van der Waals surface area contributed by atoms with Gasteiger partial charge in [-0.3, -0.25) is 4.79 Å². The highest BCUT2D eigenvalue weighted by molar-refractivity contribution is 5.67. The molecule has 0 radical (unpaired) electrons. The third kappa shape index (κ3) is 2.21. The Morgan fingerprint density at radius 1 is 1.22 bits per heavy atom. The second-order valence-electron chi connectivity index (χ2n) is 4.97. The SMILES string of the molecule is Cc1ccc(-c2nc[nH]c(=O)c2C(C)C)c(C)c1. The van der Waals surface area contributed by atoms with Crippen LogP contribution >= 0.6 is 0 Å². The highest BCUT2D eigenvalue weighted by Gasteiger charge is 2.15. The van der Waals surface area contributed by atoms with Crippen LogP contribution in [0.1, 0.15) is 36.5 Å². The van der Waals surface area contributed by atoms with Gasteiger partial charge in [-0.15, -0.1) is 0 Å². The summed E-state index contributed by atoms with van der Waals surface area (Å²) in [5.74, 6) is 0.151. The zero-order valence-electron chi connectivity index (χ0n) is 11.2. The van der Waals surface area contributed by atoms with Gasteiger partial charge in [0, 0.05) is 11.1 Å². The molecular formula is C15H18N2O. The molecule has 0 aliphatic carbocycles. The van der Waals surface area contributed by atoms with Crippen LogP contribution in [0.2, 0.25) is 0 Å². The molecule has 1 heterocycles.